The standard InChI is InChI=1S/C22H22N2O3S/c1-14-5-7-16(8-6-14)21(20-4-3-11-28-20)24-22(25)23-15(2)17-9-10-18-19(12-17)27-13-26-18/h3-12,15,21H,13H2,1-2H3,(H2,23,24,25)/t15-,21-/m1/s1. The Kier molecular flexibility index (Phi) is 5.21. The minimum atomic E-state index is -0.218. The molecular weight excluding hydrogens is 372 g/mol. The van der Waals surface area contributed by atoms with Gasteiger partial charge in [-0.25, -0.2) is 4.79 Å². The van der Waals surface area contributed by atoms with Crippen LogP contribution in [0.3, 0.4) is 0 Å². The Hall–Kier alpha value is -2.99. The van der Waals surface area contributed by atoms with Gasteiger partial charge in [0.05, 0.1) is 12.1 Å². The van der Waals surface area contributed by atoms with Gasteiger partial charge in [-0.2, -0.15) is 0 Å². The van der Waals surface area contributed by atoms with Crippen LogP contribution >= 0.6 is 11.3 Å². The van der Waals surface area contributed by atoms with E-state index in [2.05, 4.69) is 41.8 Å². The van der Waals surface area contributed by atoms with Crippen LogP contribution in [0.4, 0.5) is 4.79 Å². The first-order valence-electron chi connectivity index (χ1n) is 9.17. The van der Waals surface area contributed by atoms with Gasteiger partial charge >= 0.3 is 6.03 Å². The number of benzene rings is 2. The van der Waals surface area contributed by atoms with E-state index in [1.54, 1.807) is 11.3 Å². The minimum absolute atomic E-state index is 0.170. The van der Waals surface area contributed by atoms with Gasteiger partial charge in [-0.1, -0.05) is 42.0 Å². The van der Waals surface area contributed by atoms with Crippen LogP contribution in [0.5, 0.6) is 11.5 Å². The SMILES string of the molecule is Cc1ccc([C@@H](NC(=O)N[C@H](C)c2ccc3c(c2)OCO3)c2cccs2)cc1. The molecule has 2 N–H and O–H groups in total. The zero-order chi connectivity index (χ0) is 19.5. The fourth-order valence-electron chi connectivity index (χ4n) is 3.17. The predicted molar refractivity (Wildman–Crippen MR) is 110 cm³/mol. The molecule has 4 rings (SSSR count). The van der Waals surface area contributed by atoms with Crippen LogP contribution in [0.2, 0.25) is 0 Å². The molecule has 0 unspecified atom stereocenters. The molecule has 0 radical (unpaired) electrons. The van der Waals surface area contributed by atoms with Crippen LogP contribution in [0.15, 0.2) is 60.0 Å². The molecule has 0 bridgehead atoms. The number of nitrogens with one attached hydrogen (secondary N) is 2. The van der Waals surface area contributed by atoms with E-state index in [0.29, 0.717) is 5.75 Å². The molecule has 1 aliphatic rings. The van der Waals surface area contributed by atoms with Crippen molar-refractivity contribution in [3.05, 3.63) is 81.5 Å². The van der Waals surface area contributed by atoms with Gasteiger partial charge in [0.25, 0.3) is 0 Å². The van der Waals surface area contributed by atoms with Gasteiger partial charge in [-0.3, -0.25) is 0 Å². The van der Waals surface area contributed by atoms with Crippen molar-refractivity contribution in [3.8, 4) is 11.5 Å². The Morgan fingerprint density at radius 3 is 2.50 bits per heavy atom. The highest BCUT2D eigenvalue weighted by atomic mass is 32.1. The quantitative estimate of drug-likeness (QED) is 0.645. The molecule has 2 aromatic carbocycles. The van der Waals surface area contributed by atoms with Crippen LogP contribution in [0, 0.1) is 6.92 Å². The zero-order valence-corrected chi connectivity index (χ0v) is 16.6. The Balaban J connectivity index is 1.47. The lowest BCUT2D eigenvalue weighted by molar-refractivity contribution is 0.174. The normalized spacial score (nSPS) is 14.4. The smallest absolute Gasteiger partial charge is 0.316 e. The van der Waals surface area contributed by atoms with Crippen LogP contribution in [0.1, 0.15) is 40.6 Å². The number of fused-ring (bicyclic) bond motifs is 1. The van der Waals surface area contributed by atoms with Crippen molar-refractivity contribution < 1.29 is 14.3 Å². The number of hydrogen-bond acceptors (Lipinski definition) is 4. The van der Waals surface area contributed by atoms with Gasteiger partial charge < -0.3 is 20.1 Å². The third-order valence-corrected chi connectivity index (χ3v) is 5.70. The number of carbonyl (C=O) groups excluding carboxylic acids is 1. The number of amides is 2. The van der Waals surface area contributed by atoms with E-state index in [9.17, 15) is 4.79 Å². The molecule has 28 heavy (non-hydrogen) atoms. The third-order valence-electron chi connectivity index (χ3n) is 4.76. The van der Waals surface area contributed by atoms with Gasteiger partial charge in [0.1, 0.15) is 0 Å². The summed E-state index contributed by atoms with van der Waals surface area (Å²) >= 11 is 1.63. The van der Waals surface area contributed by atoms with E-state index >= 15 is 0 Å². The summed E-state index contributed by atoms with van der Waals surface area (Å²) < 4.78 is 10.8. The van der Waals surface area contributed by atoms with Gasteiger partial charge in [0.15, 0.2) is 11.5 Å². The maximum absolute atomic E-state index is 12.7. The topological polar surface area (TPSA) is 59.6 Å². The highest BCUT2D eigenvalue weighted by Crippen LogP contribution is 2.34. The number of aryl methyl sites for hydroxylation is 1. The van der Waals surface area contributed by atoms with Crippen LogP contribution in [0.25, 0.3) is 0 Å². The van der Waals surface area contributed by atoms with E-state index < -0.39 is 0 Å². The number of carbonyl (C=O) groups is 1. The number of hydrogen-bond donors (Lipinski definition) is 2. The number of urea groups is 1. The van der Waals surface area contributed by atoms with Gasteiger partial charge in [0, 0.05) is 4.88 Å². The van der Waals surface area contributed by atoms with Crippen molar-refractivity contribution in [2.45, 2.75) is 25.9 Å². The van der Waals surface area contributed by atoms with E-state index in [1.165, 1.54) is 5.56 Å². The second-order valence-corrected chi connectivity index (χ2v) is 7.79. The predicted octanol–water partition coefficient (Wildman–Crippen LogP) is 4.94. The van der Waals surface area contributed by atoms with Crippen LogP contribution in [-0.4, -0.2) is 12.8 Å². The second-order valence-electron chi connectivity index (χ2n) is 6.81. The first-order valence-corrected chi connectivity index (χ1v) is 10.0. The Bertz CT molecular complexity index is 954. The molecule has 144 valence electrons. The Morgan fingerprint density at radius 2 is 1.75 bits per heavy atom. The number of thiophene rings is 1. The van der Waals surface area contributed by atoms with E-state index in [0.717, 1.165) is 21.8 Å². The fourth-order valence-corrected chi connectivity index (χ4v) is 3.97. The highest BCUT2D eigenvalue weighted by molar-refractivity contribution is 7.10. The van der Waals surface area contributed by atoms with Crippen LogP contribution < -0.4 is 20.1 Å². The average molecular weight is 394 g/mol. The van der Waals surface area contributed by atoms with Crippen molar-refractivity contribution >= 4 is 17.4 Å². The third kappa shape index (κ3) is 3.97. The fraction of sp³-hybridized carbons (Fsp3) is 0.227. The summed E-state index contributed by atoms with van der Waals surface area (Å²) in [5.74, 6) is 1.44. The molecule has 0 saturated heterocycles. The first kappa shape index (κ1) is 18.4. The lowest BCUT2D eigenvalue weighted by Crippen LogP contribution is -2.39. The molecule has 0 saturated carbocycles. The molecule has 0 aliphatic carbocycles. The Morgan fingerprint density at radius 1 is 1.00 bits per heavy atom. The molecule has 0 fully saturated rings. The summed E-state index contributed by atoms with van der Waals surface area (Å²) in [6.45, 7) is 4.24. The maximum atomic E-state index is 12.7. The summed E-state index contributed by atoms with van der Waals surface area (Å²) in [6, 6.07) is 17.4. The molecular formula is C22H22N2O3S. The largest absolute Gasteiger partial charge is 0.454 e. The molecule has 2 heterocycles. The zero-order valence-electron chi connectivity index (χ0n) is 15.8. The van der Waals surface area contributed by atoms with E-state index in [1.807, 2.05) is 42.6 Å². The second kappa shape index (κ2) is 7.94. The first-order chi connectivity index (χ1) is 13.6. The van der Waals surface area contributed by atoms with Crippen molar-refractivity contribution in [3.63, 3.8) is 0 Å². The van der Waals surface area contributed by atoms with Crippen LogP contribution in [-0.2, 0) is 0 Å². The summed E-state index contributed by atoms with van der Waals surface area (Å²) in [5, 5.41) is 8.15. The summed E-state index contributed by atoms with van der Waals surface area (Å²) in [7, 11) is 0. The summed E-state index contributed by atoms with van der Waals surface area (Å²) in [6.07, 6.45) is 0. The van der Waals surface area contributed by atoms with Crippen molar-refractivity contribution in [1.29, 1.82) is 0 Å². The maximum Gasteiger partial charge on any atom is 0.316 e. The molecule has 1 aliphatic heterocycles. The minimum Gasteiger partial charge on any atom is -0.454 e. The summed E-state index contributed by atoms with van der Waals surface area (Å²) in [4.78, 5) is 13.8. The number of ether oxygens (including phenoxy) is 2. The van der Waals surface area contributed by atoms with E-state index in [-0.39, 0.29) is 24.9 Å². The van der Waals surface area contributed by atoms with Crippen molar-refractivity contribution in [2.75, 3.05) is 6.79 Å². The lowest BCUT2D eigenvalue weighted by Gasteiger charge is -2.21. The molecule has 5 nitrogen and oxygen atoms in total. The van der Waals surface area contributed by atoms with Crippen molar-refractivity contribution in [1.82, 2.24) is 10.6 Å². The number of rotatable bonds is 5. The molecule has 6 heteroatoms. The molecule has 2 atom stereocenters. The molecule has 2 amide bonds. The molecule has 0 spiro atoms. The van der Waals surface area contributed by atoms with E-state index in [4.69, 9.17) is 9.47 Å². The molecule has 1 aromatic heterocycles. The monoisotopic (exact) mass is 394 g/mol. The van der Waals surface area contributed by atoms with Gasteiger partial charge in [-0.05, 0) is 48.6 Å². The summed E-state index contributed by atoms with van der Waals surface area (Å²) in [5.41, 5.74) is 3.20. The molecule has 3 aromatic rings. The lowest BCUT2D eigenvalue weighted by atomic mass is 10.0. The average Bonchev–Trinajstić information content (AvgIpc) is 3.38. The van der Waals surface area contributed by atoms with Crippen molar-refractivity contribution in [2.24, 2.45) is 0 Å². The van der Waals surface area contributed by atoms with Gasteiger partial charge in [0.2, 0.25) is 6.79 Å². The highest BCUT2D eigenvalue weighted by Gasteiger charge is 2.20. The van der Waals surface area contributed by atoms with Gasteiger partial charge in [-0.15, -0.1) is 11.3 Å². The Labute approximate surface area is 168 Å².